The third-order valence-corrected chi connectivity index (χ3v) is 8.74. The zero-order valence-corrected chi connectivity index (χ0v) is 14.4. The van der Waals surface area contributed by atoms with E-state index in [0.717, 1.165) is 43.9 Å². The van der Waals surface area contributed by atoms with Crippen LogP contribution < -0.4 is 0 Å². The van der Waals surface area contributed by atoms with Crippen molar-refractivity contribution < 1.29 is 9.59 Å². The summed E-state index contributed by atoms with van der Waals surface area (Å²) in [6.07, 6.45) is 8.35. The zero-order chi connectivity index (χ0) is 15.7. The highest BCUT2D eigenvalue weighted by atomic mass is 16.1. The Bertz CT molecular complexity index is 524. The molecule has 0 radical (unpaired) electrons. The van der Waals surface area contributed by atoms with E-state index in [2.05, 4.69) is 20.8 Å². The second kappa shape index (κ2) is 4.68. The molecule has 7 atom stereocenters. The minimum absolute atomic E-state index is 0.0158. The molecule has 2 heteroatoms. The average Bonchev–Trinajstić information content (AvgIpc) is 2.77. The molecule has 2 unspecified atom stereocenters. The fourth-order valence-corrected chi connectivity index (χ4v) is 7.25. The highest BCUT2D eigenvalue weighted by Crippen LogP contribution is 2.66. The van der Waals surface area contributed by atoms with E-state index in [0.29, 0.717) is 34.7 Å². The maximum atomic E-state index is 12.4. The quantitative estimate of drug-likeness (QED) is 0.664. The predicted molar refractivity (Wildman–Crippen MR) is 86.3 cm³/mol. The molecule has 0 saturated heterocycles. The van der Waals surface area contributed by atoms with Crippen molar-refractivity contribution in [1.29, 1.82) is 0 Å². The maximum absolute atomic E-state index is 12.4. The lowest BCUT2D eigenvalue weighted by molar-refractivity contribution is -0.153. The molecule has 2 nitrogen and oxygen atoms in total. The van der Waals surface area contributed by atoms with Gasteiger partial charge in [0.15, 0.2) is 0 Å². The van der Waals surface area contributed by atoms with E-state index in [1.165, 1.54) is 19.3 Å². The van der Waals surface area contributed by atoms with Crippen molar-refractivity contribution in [1.82, 2.24) is 0 Å². The first-order valence-corrected chi connectivity index (χ1v) is 9.42. The number of Topliss-reactive ketones (excluding diaryl/α,β-unsaturated/α-hetero) is 2. The molecule has 4 rings (SSSR count). The van der Waals surface area contributed by atoms with Crippen LogP contribution in [0.4, 0.5) is 0 Å². The molecule has 22 heavy (non-hydrogen) atoms. The third kappa shape index (κ3) is 1.73. The fourth-order valence-electron chi connectivity index (χ4n) is 7.25. The van der Waals surface area contributed by atoms with Gasteiger partial charge < -0.3 is 0 Å². The fraction of sp³-hybridized carbons (Fsp3) is 0.900. The molecule has 0 aromatic heterocycles. The summed E-state index contributed by atoms with van der Waals surface area (Å²) in [5, 5.41) is 0. The van der Waals surface area contributed by atoms with E-state index >= 15 is 0 Å². The molecule has 0 amide bonds. The summed E-state index contributed by atoms with van der Waals surface area (Å²) < 4.78 is 0. The highest BCUT2D eigenvalue weighted by Gasteiger charge is 2.61. The molecule has 4 fully saturated rings. The average molecular weight is 302 g/mol. The number of carbonyl (C=O) groups is 2. The van der Waals surface area contributed by atoms with Gasteiger partial charge in [-0.25, -0.2) is 0 Å². The molecular formula is C20H30O2. The van der Waals surface area contributed by atoms with Crippen LogP contribution in [-0.2, 0) is 9.59 Å². The maximum Gasteiger partial charge on any atom is 0.139 e. The van der Waals surface area contributed by atoms with Gasteiger partial charge in [0.1, 0.15) is 11.6 Å². The van der Waals surface area contributed by atoms with Crippen molar-refractivity contribution in [2.45, 2.75) is 72.1 Å². The van der Waals surface area contributed by atoms with Crippen molar-refractivity contribution in [3.63, 3.8) is 0 Å². The summed E-state index contributed by atoms with van der Waals surface area (Å²) in [6, 6.07) is 0. The molecule has 0 spiro atoms. The Morgan fingerprint density at radius 1 is 0.955 bits per heavy atom. The molecule has 0 bridgehead atoms. The molecule has 4 aliphatic carbocycles. The smallest absolute Gasteiger partial charge is 0.139 e. The van der Waals surface area contributed by atoms with Gasteiger partial charge in [0.25, 0.3) is 0 Å². The van der Waals surface area contributed by atoms with Crippen LogP contribution >= 0.6 is 0 Å². The van der Waals surface area contributed by atoms with Gasteiger partial charge in [0.2, 0.25) is 0 Å². The number of hydrogen-bond donors (Lipinski definition) is 0. The van der Waals surface area contributed by atoms with Crippen LogP contribution in [0.1, 0.15) is 72.1 Å². The lowest BCUT2D eigenvalue weighted by Crippen LogP contribution is -2.56. The second-order valence-corrected chi connectivity index (χ2v) is 9.28. The largest absolute Gasteiger partial charge is 0.300 e. The molecule has 0 aromatic rings. The van der Waals surface area contributed by atoms with Gasteiger partial charge in [-0.15, -0.1) is 0 Å². The number of ketones is 2. The molecule has 0 N–H and O–H groups in total. The van der Waals surface area contributed by atoms with Crippen molar-refractivity contribution >= 4 is 11.6 Å². The predicted octanol–water partition coefficient (Wildman–Crippen LogP) is 4.41. The van der Waals surface area contributed by atoms with Gasteiger partial charge >= 0.3 is 0 Å². The van der Waals surface area contributed by atoms with Crippen molar-refractivity contribution in [2.75, 3.05) is 0 Å². The normalized spacial score (nSPS) is 54.6. The SMILES string of the molecule is CC1CC(=O)CC2CC[C@@H]3[C@H](CC[C@]4(C)C(=O)CC[C@@H]34)[C@@]12C. The van der Waals surface area contributed by atoms with Crippen molar-refractivity contribution in [3.8, 4) is 0 Å². The van der Waals surface area contributed by atoms with Crippen LogP contribution in [-0.4, -0.2) is 11.6 Å². The van der Waals surface area contributed by atoms with Gasteiger partial charge in [-0.2, -0.15) is 0 Å². The number of rotatable bonds is 0. The van der Waals surface area contributed by atoms with Gasteiger partial charge in [0.05, 0.1) is 0 Å². The van der Waals surface area contributed by atoms with E-state index in [1.807, 2.05) is 0 Å². The van der Waals surface area contributed by atoms with E-state index in [1.54, 1.807) is 0 Å². The van der Waals surface area contributed by atoms with Gasteiger partial charge in [-0.3, -0.25) is 9.59 Å². The minimum Gasteiger partial charge on any atom is -0.300 e. The van der Waals surface area contributed by atoms with Crippen LogP contribution in [0, 0.1) is 40.4 Å². The summed E-state index contributed by atoms with van der Waals surface area (Å²) in [4.78, 5) is 24.5. The Morgan fingerprint density at radius 2 is 1.73 bits per heavy atom. The van der Waals surface area contributed by atoms with Crippen molar-refractivity contribution in [2.24, 2.45) is 40.4 Å². The number of carbonyl (C=O) groups excluding carboxylic acids is 2. The van der Waals surface area contributed by atoms with Crippen LogP contribution in [0.3, 0.4) is 0 Å². The van der Waals surface area contributed by atoms with Gasteiger partial charge in [-0.1, -0.05) is 20.8 Å². The molecule has 0 aliphatic heterocycles. The van der Waals surface area contributed by atoms with Crippen LogP contribution in [0.5, 0.6) is 0 Å². The van der Waals surface area contributed by atoms with E-state index in [-0.39, 0.29) is 5.41 Å². The zero-order valence-electron chi connectivity index (χ0n) is 14.4. The van der Waals surface area contributed by atoms with Crippen LogP contribution in [0.15, 0.2) is 0 Å². The Hall–Kier alpha value is -0.660. The minimum atomic E-state index is -0.0158. The molecule has 4 aliphatic rings. The molecule has 0 aromatic carbocycles. The summed E-state index contributed by atoms with van der Waals surface area (Å²) in [5.41, 5.74) is 0.321. The number of fused-ring (bicyclic) bond motifs is 5. The monoisotopic (exact) mass is 302 g/mol. The second-order valence-electron chi connectivity index (χ2n) is 9.28. The number of hydrogen-bond acceptors (Lipinski definition) is 2. The topological polar surface area (TPSA) is 34.1 Å². The first-order chi connectivity index (χ1) is 10.4. The summed E-state index contributed by atoms with van der Waals surface area (Å²) in [5.74, 6) is 4.27. The first-order valence-electron chi connectivity index (χ1n) is 9.42. The highest BCUT2D eigenvalue weighted by molar-refractivity contribution is 5.87. The van der Waals surface area contributed by atoms with Crippen LogP contribution in [0.25, 0.3) is 0 Å². The summed E-state index contributed by atoms with van der Waals surface area (Å²) >= 11 is 0. The first kappa shape index (κ1) is 14.9. The Labute approximate surface area is 134 Å². The van der Waals surface area contributed by atoms with Crippen LogP contribution in [0.2, 0.25) is 0 Å². The lowest BCUT2D eigenvalue weighted by atomic mass is 9.43. The third-order valence-electron chi connectivity index (χ3n) is 8.74. The molecule has 122 valence electrons. The molecule has 4 saturated carbocycles. The molecular weight excluding hydrogens is 272 g/mol. The summed E-state index contributed by atoms with van der Waals surface area (Å²) in [6.45, 7) is 7.07. The van der Waals surface area contributed by atoms with E-state index in [4.69, 9.17) is 0 Å². The van der Waals surface area contributed by atoms with Crippen molar-refractivity contribution in [3.05, 3.63) is 0 Å². The van der Waals surface area contributed by atoms with Gasteiger partial charge in [0, 0.05) is 24.7 Å². The van der Waals surface area contributed by atoms with Gasteiger partial charge in [-0.05, 0) is 67.1 Å². The molecule has 0 heterocycles. The van der Waals surface area contributed by atoms with E-state index < -0.39 is 0 Å². The Kier molecular flexibility index (Phi) is 3.17. The lowest BCUT2D eigenvalue weighted by Gasteiger charge is -2.61. The summed E-state index contributed by atoms with van der Waals surface area (Å²) in [7, 11) is 0. The standard InChI is InChI=1S/C20H30O2/c1-12-10-14(21)11-13-4-5-15-16-6-7-18(22)19(16,2)9-8-17(15)20(12,13)3/h12-13,15-17H,4-11H2,1-3H3/t12?,13?,15-,16-,17-,19-,20-/m0/s1. The Balaban J connectivity index is 1.69. The Morgan fingerprint density at radius 3 is 2.50 bits per heavy atom. The van der Waals surface area contributed by atoms with E-state index in [9.17, 15) is 9.59 Å².